The molecule has 118 valence electrons. The van der Waals surface area contributed by atoms with E-state index in [4.69, 9.17) is 9.84 Å². The molecule has 0 spiro atoms. The quantitative estimate of drug-likeness (QED) is 0.417. The first-order valence-electron chi connectivity index (χ1n) is 7.01. The van der Waals surface area contributed by atoms with Gasteiger partial charge in [-0.1, -0.05) is 25.7 Å². The molecule has 1 rings (SSSR count). The lowest BCUT2D eigenvalue weighted by Gasteiger charge is -2.15. The van der Waals surface area contributed by atoms with Crippen LogP contribution in [0.1, 0.15) is 18.2 Å². The predicted molar refractivity (Wildman–Crippen MR) is 85.0 cm³/mol. The Kier molecular flexibility index (Phi) is 6.64. The number of aromatic nitrogens is 2. The molecule has 7 heteroatoms. The lowest BCUT2D eigenvalue weighted by Crippen LogP contribution is -2.26. The number of hydrogen-bond acceptors (Lipinski definition) is 3. The Bertz CT molecular complexity index is 468. The van der Waals surface area contributed by atoms with Crippen LogP contribution in [0.15, 0.2) is 25.2 Å². The summed E-state index contributed by atoms with van der Waals surface area (Å²) in [6, 6.07) is 0.747. The summed E-state index contributed by atoms with van der Waals surface area (Å²) in [6.45, 7) is 11.7. The minimum atomic E-state index is -1.07. The normalized spacial score (nSPS) is 12.9. The second-order valence-electron chi connectivity index (χ2n) is 6.19. The van der Waals surface area contributed by atoms with Crippen molar-refractivity contribution >= 4 is 14.2 Å². The summed E-state index contributed by atoms with van der Waals surface area (Å²) in [5.74, 6) is 0. The Balaban J connectivity index is 2.50. The van der Waals surface area contributed by atoms with Crippen LogP contribution in [0.4, 0.5) is 4.79 Å². The van der Waals surface area contributed by atoms with Crippen LogP contribution in [-0.4, -0.2) is 35.4 Å². The van der Waals surface area contributed by atoms with Crippen molar-refractivity contribution in [1.82, 2.24) is 14.9 Å². The second kappa shape index (κ2) is 7.99. The van der Waals surface area contributed by atoms with E-state index in [1.54, 1.807) is 18.6 Å². The fourth-order valence-corrected chi connectivity index (χ4v) is 2.50. The molecule has 0 bridgehead atoms. The lowest BCUT2D eigenvalue weighted by atomic mass is 10.1. The Morgan fingerprint density at radius 3 is 2.90 bits per heavy atom. The minimum Gasteiger partial charge on any atom is -0.465 e. The number of carboxylic acid groups (broad SMARTS) is 1. The Labute approximate surface area is 126 Å². The first kappa shape index (κ1) is 17.4. The Hall–Kier alpha value is -1.60. The molecule has 21 heavy (non-hydrogen) atoms. The summed E-state index contributed by atoms with van der Waals surface area (Å²) in [7, 11) is -1.07. The number of nitrogens with one attached hydrogen (secondary N) is 1. The maximum Gasteiger partial charge on any atom is 0.405 e. The van der Waals surface area contributed by atoms with Gasteiger partial charge in [0.05, 0.1) is 18.1 Å². The molecule has 1 amide bonds. The number of imidazole rings is 1. The van der Waals surface area contributed by atoms with Gasteiger partial charge in [-0.15, -0.1) is 6.58 Å². The Morgan fingerprint density at radius 2 is 2.33 bits per heavy atom. The van der Waals surface area contributed by atoms with Crippen LogP contribution >= 0.6 is 0 Å². The molecule has 2 N–H and O–H groups in total. The lowest BCUT2D eigenvalue weighted by molar-refractivity contribution is 0.0870. The van der Waals surface area contributed by atoms with Gasteiger partial charge in [0.15, 0.2) is 0 Å². The highest BCUT2D eigenvalue weighted by molar-refractivity contribution is 6.76. The van der Waals surface area contributed by atoms with E-state index in [0.29, 0.717) is 18.8 Å². The van der Waals surface area contributed by atoms with E-state index in [2.05, 4.69) is 36.5 Å². The van der Waals surface area contributed by atoms with E-state index in [-0.39, 0.29) is 6.04 Å². The fraction of sp³-hybridized carbons (Fsp3) is 0.571. The molecule has 0 aliphatic rings. The molecular weight excluding hydrogens is 286 g/mol. The molecular formula is C14H25N3O3Si. The third-order valence-corrected chi connectivity index (χ3v) is 4.65. The number of hydrogen-bond donors (Lipinski definition) is 2. The van der Waals surface area contributed by atoms with Gasteiger partial charge in [-0.25, -0.2) is 9.78 Å². The van der Waals surface area contributed by atoms with Gasteiger partial charge in [0.25, 0.3) is 0 Å². The maximum absolute atomic E-state index is 10.8. The van der Waals surface area contributed by atoms with E-state index >= 15 is 0 Å². The van der Waals surface area contributed by atoms with Crippen molar-refractivity contribution in [2.24, 2.45) is 0 Å². The highest BCUT2D eigenvalue weighted by Crippen LogP contribution is 2.15. The first-order valence-corrected chi connectivity index (χ1v) is 10.7. The van der Waals surface area contributed by atoms with Crippen molar-refractivity contribution in [2.75, 3.05) is 6.61 Å². The molecule has 0 aliphatic carbocycles. The van der Waals surface area contributed by atoms with E-state index in [0.717, 1.165) is 12.7 Å². The second-order valence-corrected chi connectivity index (χ2v) is 11.8. The van der Waals surface area contributed by atoms with Crippen LogP contribution < -0.4 is 5.32 Å². The topological polar surface area (TPSA) is 76.4 Å². The molecule has 1 aromatic heterocycles. The molecule has 1 heterocycles. The van der Waals surface area contributed by atoms with Crippen molar-refractivity contribution < 1.29 is 14.6 Å². The highest BCUT2D eigenvalue weighted by atomic mass is 28.3. The van der Waals surface area contributed by atoms with Gasteiger partial charge in [-0.05, 0) is 12.5 Å². The van der Waals surface area contributed by atoms with Crippen molar-refractivity contribution in [1.29, 1.82) is 0 Å². The van der Waals surface area contributed by atoms with Crippen molar-refractivity contribution in [3.63, 3.8) is 0 Å². The molecule has 1 unspecified atom stereocenters. The summed E-state index contributed by atoms with van der Waals surface area (Å²) in [4.78, 5) is 15.0. The van der Waals surface area contributed by atoms with Crippen LogP contribution in [0.25, 0.3) is 0 Å². The SMILES string of the molecule is C=CCC(NC(=O)O)c1cn(COCC[Si](C)(C)C)cn1. The zero-order valence-corrected chi connectivity index (χ0v) is 14.0. The third kappa shape index (κ3) is 7.10. The van der Waals surface area contributed by atoms with Gasteiger partial charge in [0.2, 0.25) is 0 Å². The number of nitrogens with zero attached hydrogens (tertiary/aromatic N) is 2. The average molecular weight is 311 g/mol. The summed E-state index contributed by atoms with van der Waals surface area (Å²) in [5.41, 5.74) is 0.672. The predicted octanol–water partition coefficient (Wildman–Crippen LogP) is 3.08. The molecule has 0 aliphatic heterocycles. The first-order chi connectivity index (χ1) is 9.81. The van der Waals surface area contributed by atoms with Gasteiger partial charge in [0.1, 0.15) is 6.73 Å². The summed E-state index contributed by atoms with van der Waals surface area (Å²) < 4.78 is 7.45. The monoisotopic (exact) mass is 311 g/mol. The van der Waals surface area contributed by atoms with Crippen molar-refractivity contribution in [3.05, 3.63) is 30.9 Å². The number of carbonyl (C=O) groups is 1. The van der Waals surface area contributed by atoms with Crippen LogP contribution in [-0.2, 0) is 11.5 Å². The molecule has 0 aromatic carbocycles. The zero-order valence-electron chi connectivity index (χ0n) is 13.0. The molecule has 0 radical (unpaired) electrons. The smallest absolute Gasteiger partial charge is 0.405 e. The van der Waals surface area contributed by atoms with Crippen LogP contribution in [0, 0.1) is 0 Å². The van der Waals surface area contributed by atoms with Gasteiger partial charge in [-0.2, -0.15) is 0 Å². The summed E-state index contributed by atoms with van der Waals surface area (Å²) >= 11 is 0. The van der Waals surface area contributed by atoms with Gasteiger partial charge < -0.3 is 19.7 Å². The van der Waals surface area contributed by atoms with Crippen LogP contribution in [0.2, 0.25) is 25.7 Å². The number of amides is 1. The molecule has 1 atom stereocenters. The van der Waals surface area contributed by atoms with Crippen LogP contribution in [0.3, 0.4) is 0 Å². The molecule has 0 fully saturated rings. The van der Waals surface area contributed by atoms with Gasteiger partial charge in [-0.3, -0.25) is 0 Å². The molecule has 0 saturated carbocycles. The minimum absolute atomic E-state index is 0.372. The third-order valence-electron chi connectivity index (χ3n) is 2.95. The summed E-state index contributed by atoms with van der Waals surface area (Å²) in [6.07, 6.45) is 4.56. The van der Waals surface area contributed by atoms with Crippen molar-refractivity contribution in [3.8, 4) is 0 Å². The number of ether oxygens (including phenoxy) is 1. The van der Waals surface area contributed by atoms with Crippen LogP contribution in [0.5, 0.6) is 0 Å². The maximum atomic E-state index is 10.8. The van der Waals surface area contributed by atoms with Crippen molar-refractivity contribution in [2.45, 2.75) is 44.9 Å². The van der Waals surface area contributed by atoms with Gasteiger partial charge >= 0.3 is 6.09 Å². The van der Waals surface area contributed by atoms with E-state index < -0.39 is 14.2 Å². The number of rotatable bonds is 9. The van der Waals surface area contributed by atoms with Gasteiger partial charge in [0, 0.05) is 20.9 Å². The molecule has 0 saturated heterocycles. The van der Waals surface area contributed by atoms with E-state index in [9.17, 15) is 4.79 Å². The highest BCUT2D eigenvalue weighted by Gasteiger charge is 2.15. The summed E-state index contributed by atoms with van der Waals surface area (Å²) in [5, 5.41) is 11.3. The standard InChI is InChI=1S/C14H25N3O3Si/c1-5-6-12(16-14(18)19)13-9-17(10-15-13)11-20-7-8-21(2,3)4/h5,9-10,12,16H,1,6-8,11H2,2-4H3,(H,18,19). The van der Waals surface area contributed by atoms with E-state index in [1.165, 1.54) is 0 Å². The molecule has 1 aromatic rings. The molecule has 6 nitrogen and oxygen atoms in total. The largest absolute Gasteiger partial charge is 0.465 e. The zero-order chi connectivity index (χ0) is 15.9. The van der Waals surface area contributed by atoms with E-state index in [1.807, 2.05) is 4.57 Å². The fourth-order valence-electron chi connectivity index (χ4n) is 1.75. The Morgan fingerprint density at radius 1 is 1.62 bits per heavy atom. The average Bonchev–Trinajstić information content (AvgIpc) is 2.81.